The fraction of sp³-hybridized carbons (Fsp3) is 0.889. The van der Waals surface area contributed by atoms with E-state index < -0.39 is 13.0 Å². The number of halogens is 2. The summed E-state index contributed by atoms with van der Waals surface area (Å²) < 4.78 is 23.9. The van der Waals surface area contributed by atoms with Crippen molar-refractivity contribution in [3.05, 3.63) is 0 Å². The smallest absolute Gasteiger partial charge is 0.255 e. The summed E-state index contributed by atoms with van der Waals surface area (Å²) in [7, 11) is 1.39. The number of carbonyl (C=O) groups is 1. The summed E-state index contributed by atoms with van der Waals surface area (Å²) in [6.07, 6.45) is -1.41. The molecular weight excluding hydrogens is 190 g/mol. The second-order valence-corrected chi connectivity index (χ2v) is 3.38. The Morgan fingerprint density at radius 2 is 2.07 bits per heavy atom. The molecule has 0 aromatic rings. The zero-order chi connectivity index (χ0) is 11.1. The molecule has 0 aromatic carbocycles. The number of nitrogens with two attached hydrogens (primary N) is 1. The molecule has 1 unspecified atom stereocenters. The maximum atomic E-state index is 11.9. The van der Waals surface area contributed by atoms with Gasteiger partial charge in [0.2, 0.25) is 5.91 Å². The van der Waals surface area contributed by atoms with E-state index in [9.17, 15) is 13.6 Å². The first-order valence-corrected chi connectivity index (χ1v) is 4.73. The minimum atomic E-state index is -2.47. The Hall–Kier alpha value is -0.710. The minimum Gasteiger partial charge on any atom is -0.340 e. The van der Waals surface area contributed by atoms with Crippen LogP contribution in [0.15, 0.2) is 0 Å². The Morgan fingerprint density at radius 1 is 1.50 bits per heavy atom. The summed E-state index contributed by atoms with van der Waals surface area (Å²) in [5.41, 5.74) is 5.41. The van der Waals surface area contributed by atoms with Gasteiger partial charge in [-0.05, 0) is 12.5 Å². The van der Waals surface area contributed by atoms with Crippen molar-refractivity contribution in [2.75, 3.05) is 20.1 Å². The molecule has 0 aliphatic heterocycles. The molecule has 0 radical (unpaired) electrons. The Balaban J connectivity index is 3.93. The average Bonchev–Trinajstić information content (AvgIpc) is 2.12. The van der Waals surface area contributed by atoms with Gasteiger partial charge in [-0.3, -0.25) is 4.79 Å². The third-order valence-electron chi connectivity index (χ3n) is 2.21. The lowest BCUT2D eigenvalue weighted by molar-refractivity contribution is -0.132. The number of carbonyl (C=O) groups excluding carboxylic acids is 1. The van der Waals surface area contributed by atoms with Gasteiger partial charge in [-0.15, -0.1) is 0 Å². The number of rotatable bonds is 6. The first-order chi connectivity index (χ1) is 6.51. The number of hydrogen-bond donors (Lipinski definition) is 1. The first kappa shape index (κ1) is 13.3. The van der Waals surface area contributed by atoms with Gasteiger partial charge < -0.3 is 10.6 Å². The van der Waals surface area contributed by atoms with Crippen molar-refractivity contribution in [2.45, 2.75) is 26.2 Å². The van der Waals surface area contributed by atoms with E-state index in [1.807, 2.05) is 6.92 Å². The van der Waals surface area contributed by atoms with Crippen molar-refractivity contribution in [2.24, 2.45) is 11.7 Å². The average molecular weight is 208 g/mol. The van der Waals surface area contributed by atoms with E-state index in [0.717, 1.165) is 11.3 Å². The summed E-state index contributed by atoms with van der Waals surface area (Å²) in [6, 6.07) is 0. The number of hydrogen-bond acceptors (Lipinski definition) is 2. The summed E-state index contributed by atoms with van der Waals surface area (Å²) in [5.74, 6) is -0.162. The molecule has 0 heterocycles. The molecule has 0 bridgehead atoms. The molecule has 0 saturated heterocycles. The van der Waals surface area contributed by atoms with Crippen LogP contribution in [0.4, 0.5) is 8.78 Å². The molecule has 14 heavy (non-hydrogen) atoms. The molecule has 1 atom stereocenters. The topological polar surface area (TPSA) is 46.3 Å². The van der Waals surface area contributed by atoms with Crippen molar-refractivity contribution in [1.29, 1.82) is 0 Å². The van der Waals surface area contributed by atoms with E-state index in [1.54, 1.807) is 0 Å². The van der Waals surface area contributed by atoms with Gasteiger partial charge in [0.15, 0.2) is 0 Å². The molecule has 84 valence electrons. The Bertz CT molecular complexity index is 172. The number of amides is 1. The quantitative estimate of drug-likeness (QED) is 0.710. The van der Waals surface area contributed by atoms with Gasteiger partial charge in [0.05, 0.1) is 6.54 Å². The van der Waals surface area contributed by atoms with Crippen LogP contribution in [0.5, 0.6) is 0 Å². The molecule has 5 heteroatoms. The minimum absolute atomic E-state index is 0.0997. The van der Waals surface area contributed by atoms with Crippen LogP contribution in [0, 0.1) is 5.92 Å². The van der Waals surface area contributed by atoms with Crippen molar-refractivity contribution in [1.82, 2.24) is 4.90 Å². The molecule has 0 spiro atoms. The fourth-order valence-corrected chi connectivity index (χ4v) is 1.11. The molecule has 0 fully saturated rings. The number of nitrogens with zero attached hydrogens (tertiary/aromatic N) is 1. The largest absolute Gasteiger partial charge is 0.340 e. The predicted octanol–water partition coefficient (Wildman–Crippen LogP) is 1.08. The third-order valence-corrected chi connectivity index (χ3v) is 2.21. The van der Waals surface area contributed by atoms with Crippen molar-refractivity contribution >= 4 is 5.91 Å². The Kier molecular flexibility index (Phi) is 6.36. The highest BCUT2D eigenvalue weighted by atomic mass is 19.3. The zero-order valence-electron chi connectivity index (χ0n) is 8.67. The zero-order valence-corrected chi connectivity index (χ0v) is 8.67. The maximum Gasteiger partial charge on any atom is 0.255 e. The van der Waals surface area contributed by atoms with Gasteiger partial charge in [-0.2, -0.15) is 0 Å². The summed E-state index contributed by atoms with van der Waals surface area (Å²) in [6.45, 7) is 1.85. The highest BCUT2D eigenvalue weighted by Crippen LogP contribution is 2.08. The van der Waals surface area contributed by atoms with Crippen LogP contribution >= 0.6 is 0 Å². The van der Waals surface area contributed by atoms with Crippen molar-refractivity contribution in [3.63, 3.8) is 0 Å². The molecule has 1 amide bonds. The van der Waals surface area contributed by atoms with Crippen LogP contribution in [-0.2, 0) is 4.79 Å². The van der Waals surface area contributed by atoms with Crippen molar-refractivity contribution < 1.29 is 13.6 Å². The molecule has 0 aliphatic rings. The van der Waals surface area contributed by atoms with E-state index in [-0.39, 0.29) is 18.2 Å². The fourth-order valence-electron chi connectivity index (χ4n) is 1.11. The first-order valence-electron chi connectivity index (χ1n) is 4.73. The molecular formula is C9H18F2N2O. The van der Waals surface area contributed by atoms with Crippen LogP contribution in [0.2, 0.25) is 0 Å². The summed E-state index contributed by atoms with van der Waals surface area (Å²) in [5, 5.41) is 0. The molecule has 0 aliphatic carbocycles. The summed E-state index contributed by atoms with van der Waals surface area (Å²) in [4.78, 5) is 12.4. The van der Waals surface area contributed by atoms with E-state index in [2.05, 4.69) is 0 Å². The predicted molar refractivity (Wildman–Crippen MR) is 51.1 cm³/mol. The standard InChI is InChI=1S/C9H18F2N2O/c1-3-7(5-12)4-9(14)13(2)6-8(10)11/h7-8H,3-6,12H2,1-2H3. The monoisotopic (exact) mass is 208 g/mol. The van der Waals surface area contributed by atoms with Gasteiger partial charge in [-0.1, -0.05) is 13.3 Å². The second kappa shape index (κ2) is 6.70. The SMILES string of the molecule is CCC(CN)CC(=O)N(C)CC(F)F. The summed E-state index contributed by atoms with van der Waals surface area (Å²) >= 11 is 0. The molecule has 0 rings (SSSR count). The van der Waals surface area contributed by atoms with Gasteiger partial charge >= 0.3 is 0 Å². The lowest BCUT2D eigenvalue weighted by Crippen LogP contribution is -2.33. The highest BCUT2D eigenvalue weighted by Gasteiger charge is 2.17. The van der Waals surface area contributed by atoms with E-state index in [4.69, 9.17) is 5.73 Å². The van der Waals surface area contributed by atoms with Crippen LogP contribution in [0.3, 0.4) is 0 Å². The Labute approximate surface area is 83.3 Å². The van der Waals surface area contributed by atoms with Crippen LogP contribution < -0.4 is 5.73 Å². The van der Waals surface area contributed by atoms with E-state index in [1.165, 1.54) is 7.05 Å². The van der Waals surface area contributed by atoms with Gasteiger partial charge in [-0.25, -0.2) is 8.78 Å². The molecule has 0 saturated carbocycles. The van der Waals surface area contributed by atoms with Crippen LogP contribution in [-0.4, -0.2) is 37.4 Å². The van der Waals surface area contributed by atoms with Crippen molar-refractivity contribution in [3.8, 4) is 0 Å². The van der Waals surface area contributed by atoms with E-state index >= 15 is 0 Å². The van der Waals surface area contributed by atoms with Crippen LogP contribution in [0.25, 0.3) is 0 Å². The van der Waals surface area contributed by atoms with Gasteiger partial charge in [0.25, 0.3) is 6.43 Å². The molecule has 2 N–H and O–H groups in total. The lowest BCUT2D eigenvalue weighted by Gasteiger charge is -2.19. The van der Waals surface area contributed by atoms with Gasteiger partial charge in [0.1, 0.15) is 0 Å². The number of alkyl halides is 2. The highest BCUT2D eigenvalue weighted by molar-refractivity contribution is 5.76. The molecule has 3 nitrogen and oxygen atoms in total. The third kappa shape index (κ3) is 5.11. The second-order valence-electron chi connectivity index (χ2n) is 3.38. The van der Waals surface area contributed by atoms with Crippen LogP contribution in [0.1, 0.15) is 19.8 Å². The lowest BCUT2D eigenvalue weighted by atomic mass is 10.0. The van der Waals surface area contributed by atoms with Gasteiger partial charge in [0, 0.05) is 13.5 Å². The van der Waals surface area contributed by atoms with E-state index in [0.29, 0.717) is 6.54 Å². The normalized spacial score (nSPS) is 13.0. The molecule has 0 aromatic heterocycles. The Morgan fingerprint density at radius 3 is 2.43 bits per heavy atom. The maximum absolute atomic E-state index is 11.9.